The summed E-state index contributed by atoms with van der Waals surface area (Å²) in [7, 11) is 0. The predicted octanol–water partition coefficient (Wildman–Crippen LogP) is 5.04. The molecule has 1 fully saturated rings. The van der Waals surface area contributed by atoms with Gasteiger partial charge in [0.1, 0.15) is 11.9 Å². The number of piperidine rings is 1. The Labute approximate surface area is 243 Å². The van der Waals surface area contributed by atoms with Gasteiger partial charge in [0.2, 0.25) is 5.60 Å². The van der Waals surface area contributed by atoms with Crippen molar-refractivity contribution >= 4 is 28.2 Å². The number of nitrogens with two attached hydrogens (primary N) is 1. The van der Waals surface area contributed by atoms with Crippen LogP contribution in [0.25, 0.3) is 16.6 Å². The minimum Gasteiger partial charge on any atom is -0.488 e. The van der Waals surface area contributed by atoms with Crippen LogP contribution in [0.5, 0.6) is 5.75 Å². The molecule has 43 heavy (non-hydrogen) atoms. The second kappa shape index (κ2) is 11.6. The van der Waals surface area contributed by atoms with Gasteiger partial charge in [-0.1, -0.05) is 24.3 Å². The van der Waals surface area contributed by atoms with Gasteiger partial charge in [0.25, 0.3) is 5.69 Å². The number of carboxylic acid groups (broad SMARTS) is 1. The SMILES string of the molecule is Nc1cc(CC(=O)O)ccc1OC1CCN(CC(O)(c2cn(-c3ccccc3)c3cc([N+](=O)[O-])ccc23)C(F)(F)F)CC1. The van der Waals surface area contributed by atoms with Crippen LogP contribution in [0, 0.1) is 10.1 Å². The first-order valence-corrected chi connectivity index (χ1v) is 13.5. The molecule has 3 aromatic carbocycles. The number of carbonyl (C=O) groups is 1. The Morgan fingerprint density at radius 2 is 1.77 bits per heavy atom. The van der Waals surface area contributed by atoms with Crippen molar-refractivity contribution < 1.29 is 37.8 Å². The molecule has 0 aliphatic carbocycles. The van der Waals surface area contributed by atoms with Crippen LogP contribution >= 0.6 is 0 Å². The quantitative estimate of drug-likeness (QED) is 0.138. The van der Waals surface area contributed by atoms with E-state index in [0.717, 1.165) is 6.07 Å². The number of carboxylic acids is 1. The molecule has 1 aliphatic rings. The van der Waals surface area contributed by atoms with Gasteiger partial charge in [0.15, 0.2) is 0 Å². The maximum absolute atomic E-state index is 14.7. The molecule has 2 heterocycles. The third-order valence-corrected chi connectivity index (χ3v) is 7.66. The Morgan fingerprint density at radius 1 is 1.07 bits per heavy atom. The number of rotatable bonds is 9. The number of aliphatic hydroxyl groups is 1. The fraction of sp³-hybridized carbons (Fsp3) is 0.300. The predicted molar refractivity (Wildman–Crippen MR) is 152 cm³/mol. The highest BCUT2D eigenvalue weighted by Gasteiger charge is 2.57. The number of aliphatic carboxylic acids is 1. The lowest BCUT2D eigenvalue weighted by Crippen LogP contribution is -2.53. The zero-order valence-corrected chi connectivity index (χ0v) is 22.8. The average Bonchev–Trinajstić information content (AvgIpc) is 3.34. The van der Waals surface area contributed by atoms with E-state index < -0.39 is 34.8 Å². The third kappa shape index (κ3) is 6.13. The number of fused-ring (bicyclic) bond motifs is 1. The van der Waals surface area contributed by atoms with Crippen molar-refractivity contribution in [2.75, 3.05) is 25.4 Å². The van der Waals surface area contributed by atoms with E-state index in [9.17, 15) is 33.2 Å². The number of aromatic nitrogens is 1. The molecular weight excluding hydrogens is 569 g/mol. The minimum absolute atomic E-state index is 0.0503. The number of para-hydroxylation sites is 1. The second-order valence-electron chi connectivity index (χ2n) is 10.6. The molecule has 10 nitrogen and oxygen atoms in total. The fourth-order valence-electron chi connectivity index (χ4n) is 5.47. The summed E-state index contributed by atoms with van der Waals surface area (Å²) in [4.78, 5) is 23.3. The van der Waals surface area contributed by atoms with Gasteiger partial charge >= 0.3 is 12.1 Å². The van der Waals surface area contributed by atoms with Crippen molar-refractivity contribution in [1.82, 2.24) is 9.47 Å². The van der Waals surface area contributed by atoms with E-state index in [2.05, 4.69) is 0 Å². The van der Waals surface area contributed by atoms with Gasteiger partial charge in [-0.2, -0.15) is 13.2 Å². The monoisotopic (exact) mass is 598 g/mol. The van der Waals surface area contributed by atoms with Gasteiger partial charge in [0.05, 0.1) is 22.5 Å². The molecule has 4 aromatic rings. The summed E-state index contributed by atoms with van der Waals surface area (Å²) in [6.07, 6.45) is -3.67. The molecule has 1 aliphatic heterocycles. The van der Waals surface area contributed by atoms with Crippen molar-refractivity contribution in [3.8, 4) is 11.4 Å². The number of likely N-dealkylation sites (tertiary alicyclic amines) is 1. The van der Waals surface area contributed by atoms with Crippen LogP contribution in [0.1, 0.15) is 24.0 Å². The van der Waals surface area contributed by atoms with Gasteiger partial charge in [0, 0.05) is 54.6 Å². The largest absolute Gasteiger partial charge is 0.488 e. The van der Waals surface area contributed by atoms with Crippen LogP contribution in [-0.2, 0) is 16.8 Å². The van der Waals surface area contributed by atoms with E-state index in [1.54, 1.807) is 42.5 Å². The van der Waals surface area contributed by atoms with Crippen molar-refractivity contribution in [2.45, 2.75) is 37.1 Å². The van der Waals surface area contributed by atoms with Gasteiger partial charge in [-0.3, -0.25) is 19.8 Å². The van der Waals surface area contributed by atoms with Crippen LogP contribution in [-0.4, -0.2) is 62.5 Å². The highest BCUT2D eigenvalue weighted by molar-refractivity contribution is 5.88. The lowest BCUT2D eigenvalue weighted by Gasteiger charge is -2.39. The van der Waals surface area contributed by atoms with Crippen LogP contribution in [0.4, 0.5) is 24.5 Å². The Balaban J connectivity index is 1.39. The normalized spacial score (nSPS) is 16.2. The number of hydrogen-bond donors (Lipinski definition) is 3. The van der Waals surface area contributed by atoms with Crippen LogP contribution in [0.15, 0.2) is 72.9 Å². The van der Waals surface area contributed by atoms with Crippen LogP contribution in [0.3, 0.4) is 0 Å². The number of nitro benzene ring substituents is 1. The summed E-state index contributed by atoms with van der Waals surface area (Å²) in [5, 5.41) is 31.9. The van der Waals surface area contributed by atoms with E-state index in [4.69, 9.17) is 15.6 Å². The molecule has 1 unspecified atom stereocenters. The first kappa shape index (κ1) is 29.9. The van der Waals surface area contributed by atoms with Gasteiger partial charge in [-0.25, -0.2) is 0 Å². The summed E-state index contributed by atoms with van der Waals surface area (Å²) < 4.78 is 51.6. The third-order valence-electron chi connectivity index (χ3n) is 7.66. The summed E-state index contributed by atoms with van der Waals surface area (Å²) in [6, 6.07) is 16.7. The lowest BCUT2D eigenvalue weighted by molar-refractivity contribution is -0.384. The van der Waals surface area contributed by atoms with Crippen molar-refractivity contribution in [2.24, 2.45) is 0 Å². The van der Waals surface area contributed by atoms with E-state index in [1.807, 2.05) is 0 Å². The van der Waals surface area contributed by atoms with Crippen molar-refractivity contribution in [3.63, 3.8) is 0 Å². The molecule has 5 rings (SSSR count). The number of halogens is 3. The number of anilines is 1. The summed E-state index contributed by atoms with van der Waals surface area (Å²) in [5.41, 5.74) is 3.49. The molecule has 4 N–H and O–H groups in total. The smallest absolute Gasteiger partial charge is 0.422 e. The number of nitrogens with zero attached hydrogens (tertiary/aromatic N) is 3. The number of non-ortho nitro benzene ring substituents is 1. The van der Waals surface area contributed by atoms with E-state index >= 15 is 0 Å². The molecule has 1 atom stereocenters. The van der Waals surface area contributed by atoms with Crippen molar-refractivity contribution in [3.05, 3.63) is 94.2 Å². The Kier molecular flexibility index (Phi) is 8.04. The van der Waals surface area contributed by atoms with Crippen LogP contribution in [0.2, 0.25) is 0 Å². The maximum Gasteiger partial charge on any atom is 0.422 e. The number of benzene rings is 3. The van der Waals surface area contributed by atoms with Crippen LogP contribution < -0.4 is 10.5 Å². The number of β-amino-alcohol motifs (C(OH)–C–C–N with tert-alkyl or cyclic N) is 1. The Bertz CT molecular complexity index is 1650. The van der Waals surface area contributed by atoms with Gasteiger partial charge in [-0.05, 0) is 48.7 Å². The molecule has 0 amide bonds. The molecular formula is C30H29F3N4O6. The summed E-state index contributed by atoms with van der Waals surface area (Å²) >= 11 is 0. The zero-order chi connectivity index (χ0) is 30.9. The minimum atomic E-state index is -5.07. The molecule has 1 aromatic heterocycles. The highest BCUT2D eigenvalue weighted by Crippen LogP contribution is 2.44. The van der Waals surface area contributed by atoms with E-state index in [0.29, 0.717) is 29.8 Å². The van der Waals surface area contributed by atoms with Crippen molar-refractivity contribution in [1.29, 1.82) is 0 Å². The number of alkyl halides is 3. The molecule has 1 saturated heterocycles. The number of nitrogen functional groups attached to an aromatic ring is 1. The van der Waals surface area contributed by atoms with Gasteiger partial charge in [-0.15, -0.1) is 0 Å². The maximum atomic E-state index is 14.7. The lowest BCUT2D eigenvalue weighted by atomic mass is 9.91. The summed E-state index contributed by atoms with van der Waals surface area (Å²) in [5.74, 6) is -0.632. The second-order valence-corrected chi connectivity index (χ2v) is 10.6. The highest BCUT2D eigenvalue weighted by atomic mass is 19.4. The topological polar surface area (TPSA) is 144 Å². The number of nitro groups is 1. The number of ether oxygens (including phenoxy) is 1. The zero-order valence-electron chi connectivity index (χ0n) is 22.8. The molecule has 0 spiro atoms. The van der Waals surface area contributed by atoms with E-state index in [-0.39, 0.29) is 47.9 Å². The molecule has 0 radical (unpaired) electrons. The molecule has 0 bridgehead atoms. The Hall–Kier alpha value is -4.62. The standard InChI is InChI=1S/C30H29F3N4O6/c31-30(32,33)29(40,18-35-12-10-22(11-13-35)43-27-9-6-19(14-25(27)34)15-28(38)39)24-17-36(20-4-2-1-3-5-20)26-16-21(37(41)42)7-8-23(24)26/h1-9,14,16-17,22,40H,10-13,15,18,34H2,(H,38,39). The fourth-order valence-corrected chi connectivity index (χ4v) is 5.47. The van der Waals surface area contributed by atoms with Gasteiger partial charge < -0.3 is 25.3 Å². The molecule has 0 saturated carbocycles. The Morgan fingerprint density at radius 3 is 2.37 bits per heavy atom. The average molecular weight is 599 g/mol. The molecule has 13 heteroatoms. The number of hydrogen-bond acceptors (Lipinski definition) is 7. The summed E-state index contributed by atoms with van der Waals surface area (Å²) in [6.45, 7) is -0.355. The first-order valence-electron chi connectivity index (χ1n) is 13.5. The molecule has 226 valence electrons. The van der Waals surface area contributed by atoms with E-state index in [1.165, 1.54) is 33.9 Å². The first-order chi connectivity index (χ1) is 20.4.